The molecule has 2 saturated heterocycles. The van der Waals surface area contributed by atoms with E-state index in [1.165, 1.54) is 37.7 Å². The molecule has 2 aliphatic heterocycles. The molecule has 3 heterocycles. The molecule has 36 heavy (non-hydrogen) atoms. The quantitative estimate of drug-likeness (QED) is 0.618. The van der Waals surface area contributed by atoms with Gasteiger partial charge in [0.15, 0.2) is 0 Å². The van der Waals surface area contributed by atoms with Gasteiger partial charge in [0.25, 0.3) is 5.15 Å². The number of nitrogens with one attached hydrogen (secondary N) is 1. The van der Waals surface area contributed by atoms with Crippen molar-refractivity contribution in [2.24, 2.45) is 11.8 Å². The van der Waals surface area contributed by atoms with Gasteiger partial charge in [-0.1, -0.05) is 49.6 Å². The number of hydrogen-bond donors (Lipinski definition) is 2. The van der Waals surface area contributed by atoms with Crippen molar-refractivity contribution in [1.82, 2.24) is 4.90 Å². The number of carbonyl (C=O) groups is 1. The first-order valence-corrected chi connectivity index (χ1v) is 14.5. The van der Waals surface area contributed by atoms with E-state index in [0.717, 1.165) is 50.2 Å². The smallest absolute Gasteiger partial charge is 0.273 e. The van der Waals surface area contributed by atoms with Gasteiger partial charge in [0.05, 0.1) is 18.5 Å². The highest BCUT2D eigenvalue weighted by Crippen LogP contribution is 2.48. The molecule has 4 aliphatic rings. The van der Waals surface area contributed by atoms with Crippen molar-refractivity contribution >= 4 is 17.5 Å². The third-order valence-corrected chi connectivity index (χ3v) is 10.2. The molecule has 1 aromatic carbocycles. The molecule has 5 nitrogen and oxygen atoms in total. The second-order valence-corrected chi connectivity index (χ2v) is 12.2. The number of carbonyl (C=O) groups excluding carboxylic acids is 1. The zero-order valence-corrected chi connectivity index (χ0v) is 21.9. The molecule has 1 aromatic heterocycles. The van der Waals surface area contributed by atoms with Gasteiger partial charge in [-0.3, -0.25) is 4.79 Å². The summed E-state index contributed by atoms with van der Waals surface area (Å²) in [4.78, 5) is 20.1. The predicted molar refractivity (Wildman–Crippen MR) is 140 cm³/mol. The minimum atomic E-state index is -0.544. The number of nitrogens with zero attached hydrogens (tertiary/aromatic N) is 1. The molecule has 6 rings (SSSR count). The van der Waals surface area contributed by atoms with E-state index in [9.17, 15) is 9.90 Å². The monoisotopic (exact) mass is 509 g/mol. The lowest BCUT2D eigenvalue weighted by molar-refractivity contribution is -0.640. The Morgan fingerprint density at radius 2 is 1.86 bits per heavy atom. The van der Waals surface area contributed by atoms with Crippen LogP contribution in [0.2, 0.25) is 5.15 Å². The molecular formula is C30H40ClN3O2+2. The number of aromatic nitrogens is 1. The fraction of sp³-hybridized carbons (Fsp3) is 0.600. The maximum Gasteiger partial charge on any atom is 0.273 e. The molecule has 2 unspecified atom stereocenters. The Labute approximate surface area is 219 Å². The third-order valence-electron chi connectivity index (χ3n) is 9.94. The Kier molecular flexibility index (Phi) is 6.83. The number of benzene rings is 1. The van der Waals surface area contributed by atoms with Crippen LogP contribution >= 0.6 is 11.6 Å². The number of fused-ring (bicyclic) bond motifs is 2. The predicted octanol–water partition coefficient (Wildman–Crippen LogP) is 3.77. The molecule has 0 radical (unpaired) electrons. The van der Waals surface area contributed by atoms with Gasteiger partial charge in [-0.2, -0.15) is 4.98 Å². The van der Waals surface area contributed by atoms with Gasteiger partial charge in [-0.25, -0.2) is 0 Å². The van der Waals surface area contributed by atoms with Crippen molar-refractivity contribution in [3.05, 3.63) is 64.4 Å². The second-order valence-electron chi connectivity index (χ2n) is 11.8. The molecule has 1 amide bonds. The third kappa shape index (κ3) is 4.27. The van der Waals surface area contributed by atoms with Gasteiger partial charge >= 0.3 is 0 Å². The molecule has 1 spiro atoms. The van der Waals surface area contributed by atoms with Crippen molar-refractivity contribution in [2.45, 2.75) is 81.3 Å². The van der Waals surface area contributed by atoms with Gasteiger partial charge in [0.1, 0.15) is 12.0 Å². The van der Waals surface area contributed by atoms with Crippen molar-refractivity contribution in [2.75, 3.05) is 19.6 Å². The van der Waals surface area contributed by atoms with Crippen molar-refractivity contribution in [3.63, 3.8) is 0 Å². The molecule has 0 bridgehead atoms. The van der Waals surface area contributed by atoms with E-state index in [2.05, 4.69) is 51.6 Å². The summed E-state index contributed by atoms with van der Waals surface area (Å²) in [5.74, 6) is 1.44. The van der Waals surface area contributed by atoms with E-state index in [1.54, 1.807) is 0 Å². The largest absolute Gasteiger partial charge is 0.382 e. The first-order valence-electron chi connectivity index (χ1n) is 14.1. The number of nitrogens with two attached hydrogens (primary N) is 1. The zero-order valence-electron chi connectivity index (χ0n) is 21.2. The lowest BCUT2D eigenvalue weighted by Crippen LogP contribution is -2.82. The number of aromatic amines is 1. The molecule has 3 fully saturated rings. The average molecular weight is 510 g/mol. The summed E-state index contributed by atoms with van der Waals surface area (Å²) >= 11 is 6.28. The fourth-order valence-electron chi connectivity index (χ4n) is 8.11. The normalized spacial score (nSPS) is 33.0. The lowest BCUT2D eigenvalue weighted by atomic mass is 9.64. The summed E-state index contributed by atoms with van der Waals surface area (Å²) in [7, 11) is 0. The molecule has 4 N–H and O–H groups in total. The summed E-state index contributed by atoms with van der Waals surface area (Å²) in [6.07, 6.45) is 9.52. The van der Waals surface area contributed by atoms with Crippen LogP contribution in [-0.4, -0.2) is 41.6 Å². The highest BCUT2D eigenvalue weighted by atomic mass is 35.5. The van der Waals surface area contributed by atoms with E-state index in [-0.39, 0.29) is 11.3 Å². The minimum Gasteiger partial charge on any atom is -0.382 e. The van der Waals surface area contributed by atoms with Crippen LogP contribution < -0.4 is 10.3 Å². The summed E-state index contributed by atoms with van der Waals surface area (Å²) in [6.45, 7) is 2.58. The Morgan fingerprint density at radius 1 is 1.06 bits per heavy atom. The summed E-state index contributed by atoms with van der Waals surface area (Å²) < 4.78 is 0. The van der Waals surface area contributed by atoms with E-state index in [0.29, 0.717) is 35.4 Å². The number of aliphatic hydroxyl groups excluding tert-OH is 1. The zero-order chi connectivity index (χ0) is 24.7. The van der Waals surface area contributed by atoms with Gasteiger partial charge in [0, 0.05) is 24.2 Å². The van der Waals surface area contributed by atoms with Crippen LogP contribution in [0.15, 0.2) is 42.5 Å². The van der Waals surface area contributed by atoms with Crippen molar-refractivity contribution < 1.29 is 20.2 Å². The number of aliphatic hydroxyl groups is 1. The maximum atomic E-state index is 14.5. The number of quaternary nitrogens is 1. The average Bonchev–Trinajstić information content (AvgIpc) is 3.35. The molecular weight excluding hydrogens is 470 g/mol. The van der Waals surface area contributed by atoms with E-state index in [4.69, 9.17) is 11.6 Å². The first-order chi connectivity index (χ1) is 17.6. The molecule has 2 aromatic rings. The summed E-state index contributed by atoms with van der Waals surface area (Å²) in [5.41, 5.74) is 3.11. The van der Waals surface area contributed by atoms with E-state index >= 15 is 0 Å². The van der Waals surface area contributed by atoms with Crippen LogP contribution in [0.3, 0.4) is 0 Å². The fourth-order valence-corrected chi connectivity index (χ4v) is 8.27. The number of rotatable bonds is 3. The van der Waals surface area contributed by atoms with Gasteiger partial charge in [-0.15, -0.1) is 0 Å². The summed E-state index contributed by atoms with van der Waals surface area (Å²) in [5, 5.41) is 13.6. The van der Waals surface area contributed by atoms with Gasteiger partial charge < -0.3 is 15.3 Å². The van der Waals surface area contributed by atoms with Crippen LogP contribution in [0.25, 0.3) is 0 Å². The standard InChI is InChI=1S/C30H38ClN3O2/c31-27-12-11-23-28(33-27)26(35)13-15-30(23)19-32-18-24(30)29(36)34-16-14-22(20-7-3-1-4-8-20)17-25(34)21-9-5-2-6-10-21/h1,3-4,7-8,11-12,21-22,24-26,32,35H,2,5-6,9-10,13-19H2/p+2/t22-,24?,25+,26?,30+/m1/s1. The molecule has 2 aliphatic carbocycles. The van der Waals surface area contributed by atoms with E-state index < -0.39 is 6.10 Å². The number of piperidine rings is 1. The number of H-pyrrole nitrogens is 1. The molecule has 1 saturated carbocycles. The van der Waals surface area contributed by atoms with Crippen molar-refractivity contribution in [1.29, 1.82) is 0 Å². The number of hydrogen-bond acceptors (Lipinski definition) is 2. The minimum absolute atomic E-state index is 0.0577. The Morgan fingerprint density at radius 3 is 2.67 bits per heavy atom. The Hall–Kier alpha value is -1.95. The summed E-state index contributed by atoms with van der Waals surface area (Å²) in [6, 6.07) is 15.2. The number of pyridine rings is 1. The molecule has 192 valence electrons. The molecule has 6 heteroatoms. The van der Waals surface area contributed by atoms with Gasteiger partial charge in [0.2, 0.25) is 11.6 Å². The number of halogens is 1. The van der Waals surface area contributed by atoms with E-state index in [1.807, 2.05) is 6.07 Å². The SMILES string of the molecule is O=C(C1C[NH2+]C[C@]12CCC(O)c1[nH+]c(Cl)ccc12)N1CC[C@@H](c2ccccc2)C[C@H]1C1CCCCC1. The van der Waals surface area contributed by atoms with Crippen LogP contribution in [0, 0.1) is 11.8 Å². The van der Waals surface area contributed by atoms with Gasteiger partial charge in [-0.05, 0) is 73.6 Å². The Balaban J connectivity index is 1.31. The number of amides is 1. The van der Waals surface area contributed by atoms with Crippen LogP contribution in [-0.2, 0) is 10.2 Å². The maximum absolute atomic E-state index is 14.5. The topological polar surface area (TPSA) is 71.3 Å². The van der Waals surface area contributed by atoms with Crippen LogP contribution in [0.5, 0.6) is 0 Å². The lowest BCUT2D eigenvalue weighted by Gasteiger charge is -2.47. The van der Waals surface area contributed by atoms with Crippen LogP contribution in [0.1, 0.15) is 86.6 Å². The molecule has 5 atom stereocenters. The highest BCUT2D eigenvalue weighted by Gasteiger charge is 2.57. The van der Waals surface area contributed by atoms with Crippen LogP contribution in [0.4, 0.5) is 0 Å². The van der Waals surface area contributed by atoms with Crippen molar-refractivity contribution in [3.8, 4) is 0 Å². The Bertz CT molecular complexity index is 1090. The second kappa shape index (κ2) is 10.1. The first kappa shape index (κ1) is 24.4. The highest BCUT2D eigenvalue weighted by molar-refractivity contribution is 6.28. The number of likely N-dealkylation sites (tertiary alicyclic amines) is 1.